The number of hydrogen-bond acceptors (Lipinski definition) is 3. The van der Waals surface area contributed by atoms with E-state index >= 15 is 8.78 Å². The first-order valence-electron chi connectivity index (χ1n) is 9.82. The molecule has 1 heterocycles. The lowest BCUT2D eigenvalue weighted by Crippen LogP contribution is -2.39. The monoisotopic (exact) mass is 454 g/mol. The van der Waals surface area contributed by atoms with Crippen molar-refractivity contribution in [3.63, 3.8) is 0 Å². The molecule has 0 aliphatic carbocycles. The van der Waals surface area contributed by atoms with E-state index in [-0.39, 0.29) is 17.2 Å². The molecular weight excluding hydrogens is 433 g/mol. The van der Waals surface area contributed by atoms with Crippen LogP contribution in [0.25, 0.3) is 0 Å². The highest BCUT2D eigenvalue weighted by Crippen LogP contribution is 2.42. The Morgan fingerprint density at radius 2 is 1.84 bits per heavy atom. The Bertz CT molecular complexity index is 1140. The molecule has 0 spiro atoms. The van der Waals surface area contributed by atoms with Crippen LogP contribution in [0.2, 0.25) is 0 Å². The first kappa shape index (κ1) is 23.2. The molecule has 32 heavy (non-hydrogen) atoms. The van der Waals surface area contributed by atoms with Crippen LogP contribution in [0.4, 0.5) is 13.2 Å². The third-order valence-electron chi connectivity index (χ3n) is 5.11. The predicted octanol–water partition coefficient (Wildman–Crippen LogP) is 4.70. The minimum atomic E-state index is -3.49. The minimum absolute atomic E-state index is 0.146. The van der Waals surface area contributed by atoms with Crippen LogP contribution in [-0.4, -0.2) is 16.6 Å². The van der Waals surface area contributed by atoms with Crippen LogP contribution >= 0.6 is 12.2 Å². The number of nitrogens with one attached hydrogen (secondary N) is 1. The van der Waals surface area contributed by atoms with Crippen LogP contribution in [-0.2, 0) is 12.3 Å². The van der Waals surface area contributed by atoms with Crippen molar-refractivity contribution in [1.82, 2.24) is 10.3 Å². The van der Waals surface area contributed by atoms with Gasteiger partial charge < -0.3 is 11.1 Å². The van der Waals surface area contributed by atoms with Gasteiger partial charge in [0.25, 0.3) is 5.92 Å². The standard InChI is InChI=1S/C24H21F3N4S/c1-15-2-8-19(21(25)10-15)20(14-31-23(29)32)24(26,27)22-9-7-18(13-30-22)11-16-3-5-17(12-28)6-4-16/h2-10,13,20H,11,14H2,1H3,(H3,29,31,32). The summed E-state index contributed by atoms with van der Waals surface area (Å²) in [4.78, 5) is 3.98. The first-order chi connectivity index (χ1) is 15.2. The zero-order chi connectivity index (χ0) is 23.3. The molecule has 0 amide bonds. The molecule has 2 aromatic carbocycles. The molecule has 164 valence electrons. The van der Waals surface area contributed by atoms with E-state index in [4.69, 9.17) is 23.2 Å². The SMILES string of the molecule is Cc1ccc(C(CNC(N)=S)C(F)(F)c2ccc(Cc3ccc(C#N)cc3)cn2)c(F)c1. The fraction of sp³-hybridized carbons (Fsp3) is 0.208. The number of pyridine rings is 1. The van der Waals surface area contributed by atoms with Gasteiger partial charge in [0.1, 0.15) is 11.5 Å². The van der Waals surface area contributed by atoms with Crippen molar-refractivity contribution in [3.8, 4) is 6.07 Å². The minimum Gasteiger partial charge on any atom is -0.376 e. The summed E-state index contributed by atoms with van der Waals surface area (Å²) in [6, 6.07) is 16.0. The van der Waals surface area contributed by atoms with Gasteiger partial charge in [0.2, 0.25) is 0 Å². The second kappa shape index (κ2) is 9.79. The predicted molar refractivity (Wildman–Crippen MR) is 121 cm³/mol. The number of thiocarbonyl (C=S) groups is 1. The normalized spacial score (nSPS) is 12.1. The molecule has 4 nitrogen and oxygen atoms in total. The summed E-state index contributed by atoms with van der Waals surface area (Å²) in [7, 11) is 0. The maximum Gasteiger partial charge on any atom is 0.298 e. The second-order valence-corrected chi connectivity index (χ2v) is 7.92. The second-order valence-electron chi connectivity index (χ2n) is 7.48. The number of aromatic nitrogens is 1. The van der Waals surface area contributed by atoms with E-state index in [2.05, 4.69) is 10.3 Å². The summed E-state index contributed by atoms with van der Waals surface area (Å²) < 4.78 is 45.6. The molecule has 3 rings (SSSR count). The van der Waals surface area contributed by atoms with E-state index in [9.17, 15) is 4.39 Å². The summed E-state index contributed by atoms with van der Waals surface area (Å²) in [5, 5.41) is 11.3. The number of hydrogen-bond donors (Lipinski definition) is 2. The van der Waals surface area contributed by atoms with Crippen molar-refractivity contribution in [2.75, 3.05) is 6.54 Å². The van der Waals surface area contributed by atoms with Crippen molar-refractivity contribution in [2.24, 2.45) is 5.73 Å². The van der Waals surface area contributed by atoms with Gasteiger partial charge in [0, 0.05) is 12.7 Å². The lowest BCUT2D eigenvalue weighted by atomic mass is 9.89. The van der Waals surface area contributed by atoms with Crippen molar-refractivity contribution in [2.45, 2.75) is 25.2 Å². The molecule has 0 radical (unpaired) electrons. The quantitative estimate of drug-likeness (QED) is 0.506. The van der Waals surface area contributed by atoms with Crippen LogP contribution in [0.3, 0.4) is 0 Å². The fourth-order valence-corrected chi connectivity index (χ4v) is 3.47. The van der Waals surface area contributed by atoms with Crippen LogP contribution in [0.1, 0.15) is 39.4 Å². The molecule has 1 atom stereocenters. The highest BCUT2D eigenvalue weighted by molar-refractivity contribution is 7.80. The largest absolute Gasteiger partial charge is 0.376 e. The smallest absolute Gasteiger partial charge is 0.298 e. The average molecular weight is 455 g/mol. The Morgan fingerprint density at radius 3 is 2.41 bits per heavy atom. The van der Waals surface area contributed by atoms with Gasteiger partial charge in [-0.3, -0.25) is 4.98 Å². The van der Waals surface area contributed by atoms with Gasteiger partial charge in [-0.05, 0) is 72.1 Å². The van der Waals surface area contributed by atoms with Gasteiger partial charge >= 0.3 is 0 Å². The molecule has 0 saturated heterocycles. The van der Waals surface area contributed by atoms with E-state index in [0.717, 1.165) is 11.1 Å². The fourth-order valence-electron chi connectivity index (χ4n) is 3.39. The zero-order valence-corrected chi connectivity index (χ0v) is 18.1. The number of rotatable bonds is 7. The number of alkyl halides is 2. The van der Waals surface area contributed by atoms with E-state index in [1.165, 1.54) is 24.4 Å². The van der Waals surface area contributed by atoms with E-state index < -0.39 is 23.4 Å². The summed E-state index contributed by atoms with van der Waals surface area (Å²) in [5.41, 5.74) is 7.62. The number of nitriles is 1. The Morgan fingerprint density at radius 1 is 1.16 bits per heavy atom. The Labute approximate surface area is 189 Å². The Hall–Kier alpha value is -3.44. The molecule has 1 unspecified atom stereocenters. The third kappa shape index (κ3) is 5.42. The molecule has 0 bridgehead atoms. The van der Waals surface area contributed by atoms with Gasteiger partial charge in [0.05, 0.1) is 17.6 Å². The van der Waals surface area contributed by atoms with Crippen LogP contribution in [0.5, 0.6) is 0 Å². The zero-order valence-electron chi connectivity index (χ0n) is 17.3. The Balaban J connectivity index is 1.87. The van der Waals surface area contributed by atoms with Crippen molar-refractivity contribution in [3.05, 3.63) is 100 Å². The molecule has 0 aliphatic heterocycles. The van der Waals surface area contributed by atoms with Gasteiger partial charge in [-0.15, -0.1) is 0 Å². The molecule has 3 aromatic rings. The van der Waals surface area contributed by atoms with Crippen molar-refractivity contribution < 1.29 is 13.2 Å². The van der Waals surface area contributed by atoms with E-state index in [0.29, 0.717) is 17.5 Å². The van der Waals surface area contributed by atoms with Gasteiger partial charge in [-0.2, -0.15) is 14.0 Å². The molecule has 0 fully saturated rings. The Kier molecular flexibility index (Phi) is 7.11. The van der Waals surface area contributed by atoms with Crippen LogP contribution in [0.15, 0.2) is 60.8 Å². The summed E-state index contributed by atoms with van der Waals surface area (Å²) in [6.45, 7) is 1.33. The van der Waals surface area contributed by atoms with Gasteiger partial charge in [-0.1, -0.05) is 30.3 Å². The van der Waals surface area contributed by atoms with Crippen LogP contribution < -0.4 is 11.1 Å². The number of benzene rings is 2. The van der Waals surface area contributed by atoms with Gasteiger partial charge in [0.15, 0.2) is 5.11 Å². The summed E-state index contributed by atoms with van der Waals surface area (Å²) >= 11 is 4.75. The lowest BCUT2D eigenvalue weighted by Gasteiger charge is -2.28. The summed E-state index contributed by atoms with van der Waals surface area (Å²) in [6.07, 6.45) is 1.86. The average Bonchev–Trinajstić information content (AvgIpc) is 2.76. The molecule has 1 aromatic heterocycles. The van der Waals surface area contributed by atoms with Crippen molar-refractivity contribution in [1.29, 1.82) is 5.26 Å². The maximum absolute atomic E-state index is 15.5. The number of aryl methyl sites for hydroxylation is 1. The summed E-state index contributed by atoms with van der Waals surface area (Å²) in [5.74, 6) is -5.78. The van der Waals surface area contributed by atoms with E-state index in [1.807, 2.05) is 6.07 Å². The highest BCUT2D eigenvalue weighted by Gasteiger charge is 2.44. The number of nitrogens with two attached hydrogens (primary N) is 1. The maximum atomic E-state index is 15.5. The lowest BCUT2D eigenvalue weighted by molar-refractivity contribution is -0.0377. The van der Waals surface area contributed by atoms with Crippen LogP contribution in [0, 0.1) is 24.1 Å². The molecule has 0 aliphatic rings. The van der Waals surface area contributed by atoms with Gasteiger partial charge in [-0.25, -0.2) is 4.39 Å². The van der Waals surface area contributed by atoms with E-state index in [1.54, 1.807) is 43.3 Å². The van der Waals surface area contributed by atoms with Crippen molar-refractivity contribution >= 4 is 17.3 Å². The molecule has 8 heteroatoms. The molecule has 3 N–H and O–H groups in total. The molecular formula is C24H21F3N4S. The third-order valence-corrected chi connectivity index (χ3v) is 5.25. The molecule has 0 saturated carbocycles. The number of halogens is 3. The first-order valence-corrected chi connectivity index (χ1v) is 10.2. The number of nitrogens with zero attached hydrogens (tertiary/aromatic N) is 2. The highest BCUT2D eigenvalue weighted by atomic mass is 32.1. The topological polar surface area (TPSA) is 74.7 Å².